The van der Waals surface area contributed by atoms with Crippen LogP contribution in [-0.4, -0.2) is 6.04 Å². The van der Waals surface area contributed by atoms with Crippen LogP contribution in [0, 0.1) is 17.3 Å². The molecule has 2 atom stereocenters. The lowest BCUT2D eigenvalue weighted by Crippen LogP contribution is -2.58. The lowest BCUT2D eigenvalue weighted by atomic mass is 9.45. The van der Waals surface area contributed by atoms with Gasteiger partial charge in [0.2, 0.25) is 0 Å². The van der Waals surface area contributed by atoms with Crippen LogP contribution in [0.15, 0.2) is 0 Å². The molecule has 0 amide bonds. The molecule has 0 heterocycles. The van der Waals surface area contributed by atoms with Crippen molar-refractivity contribution in [1.29, 1.82) is 0 Å². The van der Waals surface area contributed by atoms with Crippen molar-refractivity contribution in [3.63, 3.8) is 0 Å². The molecule has 3 bridgehead atoms. The first-order chi connectivity index (χ1) is 5.28. The molecule has 1 heteroatoms. The quantitative estimate of drug-likeness (QED) is 0.562. The zero-order valence-electron chi connectivity index (χ0n) is 7.05. The van der Waals surface area contributed by atoms with E-state index in [1.165, 1.54) is 38.5 Å². The van der Waals surface area contributed by atoms with Gasteiger partial charge in [0, 0.05) is 6.04 Å². The van der Waals surface area contributed by atoms with Gasteiger partial charge in [0.25, 0.3) is 0 Å². The summed E-state index contributed by atoms with van der Waals surface area (Å²) in [5.74, 6) is 2.15. The Hall–Kier alpha value is -0.0400. The number of rotatable bonds is 0. The molecule has 0 aromatic heterocycles. The smallest absolute Gasteiger partial charge is 0.00959 e. The van der Waals surface area contributed by atoms with E-state index in [1.54, 1.807) is 0 Å². The van der Waals surface area contributed by atoms with Crippen LogP contribution in [0.1, 0.15) is 38.5 Å². The molecule has 4 fully saturated rings. The van der Waals surface area contributed by atoms with Crippen LogP contribution < -0.4 is 5.73 Å². The Kier molecular flexibility index (Phi) is 1.07. The fourth-order valence-corrected chi connectivity index (χ4v) is 3.95. The molecular weight excluding hydrogens is 134 g/mol. The third-order valence-corrected chi connectivity index (χ3v) is 4.42. The highest BCUT2D eigenvalue weighted by Gasteiger charge is 2.55. The molecule has 0 saturated heterocycles. The van der Waals surface area contributed by atoms with E-state index in [0.717, 1.165) is 11.8 Å². The predicted molar refractivity (Wildman–Crippen MR) is 45.1 cm³/mol. The number of hydrogen-bond donors (Lipinski definition) is 1. The summed E-state index contributed by atoms with van der Waals surface area (Å²) in [7, 11) is 0. The lowest BCUT2D eigenvalue weighted by molar-refractivity contribution is -0.0868. The minimum absolute atomic E-state index is 0.565. The van der Waals surface area contributed by atoms with E-state index in [-0.39, 0.29) is 0 Å². The zero-order valence-corrected chi connectivity index (χ0v) is 7.05. The van der Waals surface area contributed by atoms with Gasteiger partial charge in [-0.2, -0.15) is 0 Å². The van der Waals surface area contributed by atoms with Gasteiger partial charge >= 0.3 is 0 Å². The second-order valence-electron chi connectivity index (χ2n) is 5.13. The Labute approximate surface area is 68.3 Å². The molecule has 0 radical (unpaired) electrons. The molecule has 4 rings (SSSR count). The third-order valence-electron chi connectivity index (χ3n) is 4.42. The standard InChI is InChI=1S/C10H17N/c11-9-2-1-7-3-8-5-10(9,4-7)6-8/h7-9H,1-6,11H2. The molecule has 2 unspecified atom stereocenters. The van der Waals surface area contributed by atoms with Crippen LogP contribution in [0.4, 0.5) is 0 Å². The highest BCUT2D eigenvalue weighted by Crippen LogP contribution is 2.62. The Morgan fingerprint density at radius 2 is 1.73 bits per heavy atom. The van der Waals surface area contributed by atoms with Crippen LogP contribution in [0.2, 0.25) is 0 Å². The molecule has 1 spiro atoms. The summed E-state index contributed by atoms with van der Waals surface area (Å²) in [5, 5.41) is 0. The number of hydrogen-bond acceptors (Lipinski definition) is 1. The average molecular weight is 151 g/mol. The molecule has 0 aromatic rings. The largest absolute Gasteiger partial charge is 0.327 e. The van der Waals surface area contributed by atoms with Crippen LogP contribution in [0.3, 0.4) is 0 Å². The highest BCUT2D eigenvalue weighted by atomic mass is 14.8. The molecule has 4 saturated carbocycles. The van der Waals surface area contributed by atoms with Crippen molar-refractivity contribution in [2.45, 2.75) is 44.6 Å². The minimum atomic E-state index is 0.565. The SMILES string of the molecule is NC1CCC2CC3CC1(C2)C3. The van der Waals surface area contributed by atoms with E-state index in [0.29, 0.717) is 11.5 Å². The third kappa shape index (κ3) is 0.703. The normalized spacial score (nSPS) is 60.3. The summed E-state index contributed by atoms with van der Waals surface area (Å²) >= 11 is 0. The predicted octanol–water partition coefficient (Wildman–Crippen LogP) is 1.91. The van der Waals surface area contributed by atoms with Gasteiger partial charge in [-0.05, 0) is 55.8 Å². The second kappa shape index (κ2) is 1.82. The molecule has 1 nitrogen and oxygen atoms in total. The summed E-state index contributed by atoms with van der Waals surface area (Å²) in [6.07, 6.45) is 8.71. The van der Waals surface area contributed by atoms with Crippen molar-refractivity contribution in [2.75, 3.05) is 0 Å². The van der Waals surface area contributed by atoms with Crippen LogP contribution in [0.5, 0.6) is 0 Å². The first-order valence-corrected chi connectivity index (χ1v) is 5.04. The Balaban J connectivity index is 1.90. The highest BCUT2D eigenvalue weighted by molar-refractivity contribution is 5.08. The number of nitrogens with two attached hydrogens (primary N) is 1. The van der Waals surface area contributed by atoms with E-state index in [4.69, 9.17) is 5.73 Å². The summed E-state index contributed by atoms with van der Waals surface area (Å²) in [6.45, 7) is 0. The van der Waals surface area contributed by atoms with Gasteiger partial charge in [0.15, 0.2) is 0 Å². The van der Waals surface area contributed by atoms with Gasteiger partial charge in [0.05, 0.1) is 0 Å². The molecule has 4 aliphatic carbocycles. The van der Waals surface area contributed by atoms with Crippen molar-refractivity contribution >= 4 is 0 Å². The van der Waals surface area contributed by atoms with Crippen LogP contribution >= 0.6 is 0 Å². The lowest BCUT2D eigenvalue weighted by Gasteiger charge is -2.61. The summed E-state index contributed by atoms with van der Waals surface area (Å²) in [4.78, 5) is 0. The van der Waals surface area contributed by atoms with Crippen LogP contribution in [-0.2, 0) is 0 Å². The Bertz CT molecular complexity index is 181. The van der Waals surface area contributed by atoms with E-state index < -0.39 is 0 Å². The van der Waals surface area contributed by atoms with Crippen LogP contribution in [0.25, 0.3) is 0 Å². The van der Waals surface area contributed by atoms with Gasteiger partial charge in [-0.3, -0.25) is 0 Å². The molecule has 62 valence electrons. The average Bonchev–Trinajstić information content (AvgIpc) is 1.96. The van der Waals surface area contributed by atoms with E-state index >= 15 is 0 Å². The fourth-order valence-electron chi connectivity index (χ4n) is 3.95. The first kappa shape index (κ1) is 6.47. The maximum atomic E-state index is 6.16. The Morgan fingerprint density at radius 1 is 1.00 bits per heavy atom. The molecule has 2 N–H and O–H groups in total. The zero-order chi connectivity index (χ0) is 7.47. The topological polar surface area (TPSA) is 26.0 Å². The minimum Gasteiger partial charge on any atom is -0.327 e. The monoisotopic (exact) mass is 151 g/mol. The van der Waals surface area contributed by atoms with Gasteiger partial charge in [-0.25, -0.2) is 0 Å². The molecule has 4 aliphatic rings. The molecule has 0 aromatic carbocycles. The second-order valence-corrected chi connectivity index (χ2v) is 5.13. The van der Waals surface area contributed by atoms with Gasteiger partial charge in [-0.1, -0.05) is 0 Å². The van der Waals surface area contributed by atoms with E-state index in [9.17, 15) is 0 Å². The van der Waals surface area contributed by atoms with Gasteiger partial charge in [-0.15, -0.1) is 0 Å². The van der Waals surface area contributed by atoms with Crippen molar-refractivity contribution in [2.24, 2.45) is 23.0 Å². The maximum Gasteiger partial charge on any atom is 0.00959 e. The van der Waals surface area contributed by atoms with E-state index in [2.05, 4.69) is 0 Å². The van der Waals surface area contributed by atoms with Crippen molar-refractivity contribution < 1.29 is 0 Å². The summed E-state index contributed by atoms with van der Waals surface area (Å²) in [6, 6.07) is 0.565. The molecule has 0 aliphatic heterocycles. The van der Waals surface area contributed by atoms with Crippen molar-refractivity contribution in [1.82, 2.24) is 0 Å². The fraction of sp³-hybridized carbons (Fsp3) is 1.00. The summed E-state index contributed by atoms with van der Waals surface area (Å²) < 4.78 is 0. The van der Waals surface area contributed by atoms with Gasteiger partial charge in [0.1, 0.15) is 0 Å². The summed E-state index contributed by atoms with van der Waals surface area (Å²) in [5.41, 5.74) is 6.82. The maximum absolute atomic E-state index is 6.16. The Morgan fingerprint density at radius 3 is 2.45 bits per heavy atom. The molecular formula is C10H17N. The van der Waals surface area contributed by atoms with E-state index in [1.807, 2.05) is 0 Å². The first-order valence-electron chi connectivity index (χ1n) is 5.04. The van der Waals surface area contributed by atoms with Gasteiger partial charge < -0.3 is 5.73 Å². The van der Waals surface area contributed by atoms with Crippen molar-refractivity contribution in [3.8, 4) is 0 Å². The van der Waals surface area contributed by atoms with Crippen molar-refractivity contribution in [3.05, 3.63) is 0 Å². The molecule has 11 heavy (non-hydrogen) atoms.